The molecule has 2 aliphatic rings. The molecule has 0 aromatic carbocycles. The zero-order chi connectivity index (χ0) is 18.4. The number of carbonyl (C=O) groups is 1. The van der Waals surface area contributed by atoms with Crippen LogP contribution in [0.4, 0.5) is 11.6 Å². The van der Waals surface area contributed by atoms with Gasteiger partial charge in [-0.3, -0.25) is 4.79 Å². The van der Waals surface area contributed by atoms with Crippen LogP contribution < -0.4 is 15.1 Å². The van der Waals surface area contributed by atoms with Crippen LogP contribution in [-0.2, 0) is 4.79 Å². The highest BCUT2D eigenvalue weighted by atomic mass is 32.2. The number of amides is 1. The first-order valence-electron chi connectivity index (χ1n) is 9.81. The number of aromatic nitrogens is 2. The van der Waals surface area contributed by atoms with Crippen LogP contribution in [0.5, 0.6) is 0 Å². The van der Waals surface area contributed by atoms with E-state index in [1.807, 2.05) is 24.2 Å². The monoisotopic (exact) mass is 377 g/mol. The lowest BCUT2D eigenvalue weighted by Gasteiger charge is -2.33. The Balaban J connectivity index is 1.46. The highest BCUT2D eigenvalue weighted by Gasteiger charge is 2.25. The molecule has 0 radical (unpaired) electrons. The van der Waals surface area contributed by atoms with E-state index in [-0.39, 0.29) is 11.8 Å². The average molecular weight is 378 g/mol. The Bertz CT molecular complexity index is 566. The molecule has 0 aliphatic carbocycles. The summed E-state index contributed by atoms with van der Waals surface area (Å²) >= 11 is 1.99. The smallest absolute Gasteiger partial charge is 0.225 e. The van der Waals surface area contributed by atoms with E-state index < -0.39 is 0 Å². The molecule has 144 valence electrons. The van der Waals surface area contributed by atoms with Gasteiger partial charge in [-0.15, -0.1) is 0 Å². The summed E-state index contributed by atoms with van der Waals surface area (Å²) in [6, 6.07) is 0. The minimum atomic E-state index is 0.143. The van der Waals surface area contributed by atoms with Gasteiger partial charge >= 0.3 is 0 Å². The van der Waals surface area contributed by atoms with Gasteiger partial charge in [-0.25, -0.2) is 9.97 Å². The first kappa shape index (κ1) is 19.3. The molecule has 26 heavy (non-hydrogen) atoms. The summed E-state index contributed by atoms with van der Waals surface area (Å²) < 4.78 is 0. The number of hydrogen-bond donors (Lipinski definition) is 1. The number of anilines is 2. The second-order valence-electron chi connectivity index (χ2n) is 7.58. The summed E-state index contributed by atoms with van der Waals surface area (Å²) in [5.74, 6) is 4.14. The fourth-order valence-corrected chi connectivity index (χ4v) is 4.34. The molecule has 2 fully saturated rings. The Hall–Kier alpha value is -1.50. The van der Waals surface area contributed by atoms with E-state index in [0.717, 1.165) is 75.1 Å². The Labute approximate surface area is 161 Å². The van der Waals surface area contributed by atoms with Gasteiger partial charge in [0.1, 0.15) is 0 Å². The van der Waals surface area contributed by atoms with Crippen LogP contribution in [0.1, 0.15) is 33.1 Å². The molecule has 7 heteroatoms. The minimum Gasteiger partial charge on any atom is -0.369 e. The maximum atomic E-state index is 12.3. The van der Waals surface area contributed by atoms with E-state index in [1.54, 1.807) is 0 Å². The summed E-state index contributed by atoms with van der Waals surface area (Å²) in [5, 5.41) is 3.09. The van der Waals surface area contributed by atoms with E-state index in [1.165, 1.54) is 0 Å². The van der Waals surface area contributed by atoms with E-state index >= 15 is 0 Å². The van der Waals surface area contributed by atoms with Crippen molar-refractivity contribution in [3.63, 3.8) is 0 Å². The lowest BCUT2D eigenvalue weighted by molar-refractivity contribution is -0.125. The zero-order valence-corrected chi connectivity index (χ0v) is 16.8. The van der Waals surface area contributed by atoms with E-state index in [4.69, 9.17) is 0 Å². The number of thioether (sulfide) groups is 1. The van der Waals surface area contributed by atoms with Crippen molar-refractivity contribution in [1.29, 1.82) is 0 Å². The number of nitrogens with one attached hydrogen (secondary N) is 1. The van der Waals surface area contributed by atoms with Gasteiger partial charge in [0.25, 0.3) is 0 Å². The maximum Gasteiger partial charge on any atom is 0.225 e. The highest BCUT2D eigenvalue weighted by Crippen LogP contribution is 2.24. The van der Waals surface area contributed by atoms with Crippen molar-refractivity contribution in [3.05, 3.63) is 12.4 Å². The summed E-state index contributed by atoms with van der Waals surface area (Å²) in [6.45, 7) is 9.00. The standard InChI is InChI=1S/C19H31N5OS/c1-15(2)3-6-20-18(25)16-4-7-23(8-5-16)17-13-21-19(22-14-17)24-9-11-26-12-10-24/h13-16H,3-12H2,1-2H3,(H,20,25). The molecular weight excluding hydrogens is 346 g/mol. The topological polar surface area (TPSA) is 61.4 Å². The van der Waals surface area contributed by atoms with Gasteiger partial charge in [0.05, 0.1) is 18.1 Å². The van der Waals surface area contributed by atoms with Gasteiger partial charge in [0, 0.05) is 50.1 Å². The van der Waals surface area contributed by atoms with Crippen molar-refractivity contribution in [2.45, 2.75) is 33.1 Å². The first-order chi connectivity index (χ1) is 12.6. The van der Waals surface area contributed by atoms with Crippen LogP contribution in [0.25, 0.3) is 0 Å². The largest absolute Gasteiger partial charge is 0.369 e. The molecule has 2 aliphatic heterocycles. The molecule has 0 spiro atoms. The lowest BCUT2D eigenvalue weighted by atomic mass is 9.95. The van der Waals surface area contributed by atoms with Crippen molar-refractivity contribution < 1.29 is 4.79 Å². The molecule has 0 saturated carbocycles. The number of nitrogens with zero attached hydrogens (tertiary/aromatic N) is 4. The quantitative estimate of drug-likeness (QED) is 0.821. The van der Waals surface area contributed by atoms with Crippen LogP contribution in [0, 0.1) is 11.8 Å². The highest BCUT2D eigenvalue weighted by molar-refractivity contribution is 7.99. The van der Waals surface area contributed by atoms with Crippen LogP contribution in [-0.4, -0.2) is 60.1 Å². The summed E-state index contributed by atoms with van der Waals surface area (Å²) in [5.41, 5.74) is 1.07. The number of piperidine rings is 1. The summed E-state index contributed by atoms with van der Waals surface area (Å²) in [4.78, 5) is 26.0. The van der Waals surface area contributed by atoms with Gasteiger partial charge in [0.2, 0.25) is 11.9 Å². The predicted octanol–water partition coefficient (Wildman–Crippen LogP) is 2.41. The predicted molar refractivity (Wildman–Crippen MR) is 109 cm³/mol. The van der Waals surface area contributed by atoms with Crippen LogP contribution >= 0.6 is 11.8 Å². The molecular formula is C19H31N5OS. The van der Waals surface area contributed by atoms with Crippen molar-refractivity contribution in [3.8, 4) is 0 Å². The van der Waals surface area contributed by atoms with Crippen molar-refractivity contribution in [2.75, 3.05) is 54.0 Å². The van der Waals surface area contributed by atoms with Gasteiger partial charge in [-0.1, -0.05) is 13.8 Å². The number of hydrogen-bond acceptors (Lipinski definition) is 6. The van der Waals surface area contributed by atoms with Gasteiger partial charge in [-0.2, -0.15) is 11.8 Å². The molecule has 3 rings (SSSR count). The van der Waals surface area contributed by atoms with E-state index in [9.17, 15) is 4.79 Å². The second-order valence-corrected chi connectivity index (χ2v) is 8.80. The van der Waals surface area contributed by atoms with Crippen molar-refractivity contribution in [2.24, 2.45) is 11.8 Å². The van der Waals surface area contributed by atoms with Crippen molar-refractivity contribution in [1.82, 2.24) is 15.3 Å². The first-order valence-corrected chi connectivity index (χ1v) is 11.0. The van der Waals surface area contributed by atoms with Crippen molar-refractivity contribution >= 4 is 29.3 Å². The molecule has 1 N–H and O–H groups in total. The fourth-order valence-electron chi connectivity index (χ4n) is 3.43. The van der Waals surface area contributed by atoms with Gasteiger partial charge in [0.15, 0.2) is 0 Å². The third kappa shape index (κ3) is 5.25. The Kier molecular flexibility index (Phi) is 7.00. The summed E-state index contributed by atoms with van der Waals surface area (Å²) in [6.07, 6.45) is 6.72. The number of rotatable bonds is 6. The zero-order valence-electron chi connectivity index (χ0n) is 16.0. The van der Waals surface area contributed by atoms with Crippen LogP contribution in [0.15, 0.2) is 12.4 Å². The van der Waals surface area contributed by atoms with E-state index in [0.29, 0.717) is 5.92 Å². The average Bonchev–Trinajstić information content (AvgIpc) is 2.68. The molecule has 0 bridgehead atoms. The molecule has 6 nitrogen and oxygen atoms in total. The summed E-state index contributed by atoms with van der Waals surface area (Å²) in [7, 11) is 0. The lowest BCUT2D eigenvalue weighted by Crippen LogP contribution is -2.41. The number of carbonyl (C=O) groups excluding carboxylic acids is 1. The molecule has 1 amide bonds. The molecule has 0 atom stereocenters. The minimum absolute atomic E-state index is 0.143. The maximum absolute atomic E-state index is 12.3. The molecule has 1 aromatic rings. The van der Waals surface area contributed by atoms with Gasteiger partial charge in [-0.05, 0) is 25.2 Å². The van der Waals surface area contributed by atoms with E-state index in [2.05, 4.69) is 38.9 Å². The van der Waals surface area contributed by atoms with Crippen LogP contribution in [0.2, 0.25) is 0 Å². The third-order valence-corrected chi connectivity index (χ3v) is 6.11. The third-order valence-electron chi connectivity index (χ3n) is 5.17. The SMILES string of the molecule is CC(C)CCNC(=O)C1CCN(c2cnc(N3CCSCC3)nc2)CC1. The molecule has 1 aromatic heterocycles. The Morgan fingerprint density at radius 3 is 2.42 bits per heavy atom. The normalized spacial score (nSPS) is 19.0. The Morgan fingerprint density at radius 1 is 1.15 bits per heavy atom. The molecule has 2 saturated heterocycles. The fraction of sp³-hybridized carbons (Fsp3) is 0.737. The second kappa shape index (κ2) is 9.44. The van der Waals surface area contributed by atoms with Crippen LogP contribution in [0.3, 0.4) is 0 Å². The molecule has 0 unspecified atom stereocenters. The Morgan fingerprint density at radius 2 is 1.81 bits per heavy atom. The van der Waals surface area contributed by atoms with Gasteiger partial charge < -0.3 is 15.1 Å². The molecule has 3 heterocycles.